The zero-order valence-electron chi connectivity index (χ0n) is 10.7. The molecule has 0 saturated heterocycles. The van der Waals surface area contributed by atoms with E-state index in [4.69, 9.17) is 4.74 Å². The second-order valence-electron chi connectivity index (χ2n) is 4.22. The van der Waals surface area contributed by atoms with Gasteiger partial charge in [0.05, 0.1) is 0 Å². The Morgan fingerprint density at radius 1 is 1.16 bits per heavy atom. The number of aryl methyl sites for hydroxylation is 1. The van der Waals surface area contributed by atoms with Crippen molar-refractivity contribution in [3.05, 3.63) is 64.1 Å². The highest BCUT2D eigenvalue weighted by Gasteiger charge is 2.07. The van der Waals surface area contributed by atoms with Crippen LogP contribution in [0.2, 0.25) is 0 Å². The largest absolute Gasteiger partial charge is 0.485 e. The van der Waals surface area contributed by atoms with Crippen LogP contribution in [0.1, 0.15) is 22.8 Å². The van der Waals surface area contributed by atoms with Gasteiger partial charge in [-0.05, 0) is 36.2 Å². The Morgan fingerprint density at radius 2 is 1.89 bits per heavy atom. The van der Waals surface area contributed by atoms with Gasteiger partial charge in [-0.3, -0.25) is 4.79 Å². The highest BCUT2D eigenvalue weighted by Crippen LogP contribution is 2.15. The third-order valence-corrected chi connectivity index (χ3v) is 3.34. The van der Waals surface area contributed by atoms with Gasteiger partial charge in [-0.1, -0.05) is 47.1 Å². The van der Waals surface area contributed by atoms with Crippen LogP contribution in [0, 0.1) is 0 Å². The van der Waals surface area contributed by atoms with E-state index in [1.54, 1.807) is 12.1 Å². The van der Waals surface area contributed by atoms with Gasteiger partial charge in [0.2, 0.25) is 0 Å². The minimum absolute atomic E-state index is 0.0270. The first-order valence-electron chi connectivity index (χ1n) is 6.19. The molecule has 0 saturated carbocycles. The maximum absolute atomic E-state index is 11.9. The van der Waals surface area contributed by atoms with E-state index in [0.717, 1.165) is 16.6 Å². The third kappa shape index (κ3) is 3.93. The lowest BCUT2D eigenvalue weighted by Gasteiger charge is -2.06. The summed E-state index contributed by atoms with van der Waals surface area (Å²) in [7, 11) is 0. The molecule has 0 aliphatic heterocycles. The summed E-state index contributed by atoms with van der Waals surface area (Å²) in [4.78, 5) is 11.9. The average molecular weight is 319 g/mol. The molecule has 0 fully saturated rings. The summed E-state index contributed by atoms with van der Waals surface area (Å²) in [6, 6.07) is 15.1. The van der Waals surface area contributed by atoms with Crippen LogP contribution in [0.15, 0.2) is 53.0 Å². The molecule has 0 radical (unpaired) electrons. The minimum Gasteiger partial charge on any atom is -0.485 e. The topological polar surface area (TPSA) is 26.3 Å². The van der Waals surface area contributed by atoms with E-state index in [9.17, 15) is 4.79 Å². The van der Waals surface area contributed by atoms with Crippen LogP contribution in [-0.2, 0) is 6.42 Å². The van der Waals surface area contributed by atoms with Crippen molar-refractivity contribution in [3.8, 4) is 5.75 Å². The Bertz CT molecular complexity index is 561. The SMILES string of the molecule is CCc1ccc(OCC(=O)c2cccc(Br)c2)cc1. The quantitative estimate of drug-likeness (QED) is 0.769. The summed E-state index contributed by atoms with van der Waals surface area (Å²) >= 11 is 3.35. The number of rotatable bonds is 5. The lowest BCUT2D eigenvalue weighted by molar-refractivity contribution is 0.0921. The Labute approximate surface area is 121 Å². The molecule has 0 unspecified atom stereocenters. The van der Waals surface area contributed by atoms with Crippen molar-refractivity contribution in [2.45, 2.75) is 13.3 Å². The fourth-order valence-electron chi connectivity index (χ4n) is 1.72. The van der Waals surface area contributed by atoms with E-state index >= 15 is 0 Å². The highest BCUT2D eigenvalue weighted by atomic mass is 79.9. The van der Waals surface area contributed by atoms with Crippen LogP contribution in [-0.4, -0.2) is 12.4 Å². The van der Waals surface area contributed by atoms with Crippen LogP contribution < -0.4 is 4.74 Å². The van der Waals surface area contributed by atoms with Crippen LogP contribution in [0.3, 0.4) is 0 Å². The molecule has 0 aromatic heterocycles. The number of halogens is 1. The number of ketones is 1. The van der Waals surface area contributed by atoms with E-state index in [0.29, 0.717) is 5.56 Å². The van der Waals surface area contributed by atoms with Crippen molar-refractivity contribution in [2.24, 2.45) is 0 Å². The molecule has 98 valence electrons. The summed E-state index contributed by atoms with van der Waals surface area (Å²) in [5, 5.41) is 0. The predicted molar refractivity (Wildman–Crippen MR) is 79.8 cm³/mol. The van der Waals surface area contributed by atoms with Gasteiger partial charge in [0.25, 0.3) is 0 Å². The number of ether oxygens (including phenoxy) is 1. The van der Waals surface area contributed by atoms with Crippen LogP contribution in [0.5, 0.6) is 5.75 Å². The number of benzene rings is 2. The Balaban J connectivity index is 1.96. The summed E-state index contributed by atoms with van der Waals surface area (Å²) in [6.07, 6.45) is 0.997. The molecule has 2 aromatic rings. The summed E-state index contributed by atoms with van der Waals surface area (Å²) in [5.74, 6) is 0.696. The zero-order valence-corrected chi connectivity index (χ0v) is 12.3. The molecule has 2 aromatic carbocycles. The summed E-state index contributed by atoms with van der Waals surface area (Å²) in [5.41, 5.74) is 1.91. The maximum atomic E-state index is 11.9. The van der Waals surface area contributed by atoms with Crippen molar-refractivity contribution in [1.82, 2.24) is 0 Å². The number of carbonyl (C=O) groups excluding carboxylic acids is 1. The lowest BCUT2D eigenvalue weighted by atomic mass is 10.1. The molecule has 2 rings (SSSR count). The van der Waals surface area contributed by atoms with Crippen molar-refractivity contribution in [3.63, 3.8) is 0 Å². The van der Waals surface area contributed by atoms with Gasteiger partial charge in [0, 0.05) is 10.0 Å². The van der Waals surface area contributed by atoms with E-state index in [1.807, 2.05) is 36.4 Å². The van der Waals surface area contributed by atoms with E-state index in [2.05, 4.69) is 22.9 Å². The van der Waals surface area contributed by atoms with Crippen LogP contribution >= 0.6 is 15.9 Å². The van der Waals surface area contributed by atoms with Crippen LogP contribution in [0.4, 0.5) is 0 Å². The van der Waals surface area contributed by atoms with Crippen LogP contribution in [0.25, 0.3) is 0 Å². The molecule has 0 aliphatic carbocycles. The highest BCUT2D eigenvalue weighted by molar-refractivity contribution is 9.10. The van der Waals surface area contributed by atoms with E-state index < -0.39 is 0 Å². The molecular weight excluding hydrogens is 304 g/mol. The monoisotopic (exact) mass is 318 g/mol. The Morgan fingerprint density at radius 3 is 2.53 bits per heavy atom. The summed E-state index contributed by atoms with van der Waals surface area (Å²) < 4.78 is 6.39. The average Bonchev–Trinajstić information content (AvgIpc) is 2.45. The molecule has 0 N–H and O–H groups in total. The fourth-order valence-corrected chi connectivity index (χ4v) is 2.11. The van der Waals surface area contributed by atoms with Gasteiger partial charge in [-0.2, -0.15) is 0 Å². The molecule has 0 spiro atoms. The molecule has 0 bridgehead atoms. The van der Waals surface area contributed by atoms with Gasteiger partial charge in [-0.25, -0.2) is 0 Å². The molecule has 19 heavy (non-hydrogen) atoms. The lowest BCUT2D eigenvalue weighted by Crippen LogP contribution is -2.11. The molecule has 0 aliphatic rings. The molecular formula is C16H15BrO2. The van der Waals surface area contributed by atoms with Crippen molar-refractivity contribution in [1.29, 1.82) is 0 Å². The first-order chi connectivity index (χ1) is 9.19. The molecule has 0 atom stereocenters. The normalized spacial score (nSPS) is 10.2. The molecule has 0 amide bonds. The van der Waals surface area contributed by atoms with E-state index in [1.165, 1.54) is 5.56 Å². The molecule has 0 heterocycles. The van der Waals surface area contributed by atoms with Gasteiger partial charge in [0.1, 0.15) is 5.75 Å². The zero-order chi connectivity index (χ0) is 13.7. The van der Waals surface area contributed by atoms with Gasteiger partial charge in [-0.15, -0.1) is 0 Å². The van der Waals surface area contributed by atoms with Crippen molar-refractivity contribution < 1.29 is 9.53 Å². The van der Waals surface area contributed by atoms with Crippen molar-refractivity contribution >= 4 is 21.7 Å². The first-order valence-corrected chi connectivity index (χ1v) is 6.99. The van der Waals surface area contributed by atoms with E-state index in [-0.39, 0.29) is 12.4 Å². The number of Topliss-reactive ketones (excluding diaryl/α,β-unsaturated/α-hetero) is 1. The fraction of sp³-hybridized carbons (Fsp3) is 0.188. The summed E-state index contributed by atoms with van der Waals surface area (Å²) in [6.45, 7) is 2.16. The molecule has 3 heteroatoms. The molecule has 2 nitrogen and oxygen atoms in total. The number of hydrogen-bond donors (Lipinski definition) is 0. The third-order valence-electron chi connectivity index (χ3n) is 2.85. The Hall–Kier alpha value is -1.61. The standard InChI is InChI=1S/C16H15BrO2/c1-2-12-6-8-15(9-7-12)19-11-16(18)13-4-3-5-14(17)10-13/h3-10H,2,11H2,1H3. The predicted octanol–water partition coefficient (Wildman–Crippen LogP) is 4.27. The minimum atomic E-state index is -0.0270. The van der Waals surface area contributed by atoms with Crippen molar-refractivity contribution in [2.75, 3.05) is 6.61 Å². The second kappa shape index (κ2) is 6.53. The van der Waals surface area contributed by atoms with Gasteiger partial charge >= 0.3 is 0 Å². The Kier molecular flexibility index (Phi) is 4.74. The number of carbonyl (C=O) groups is 1. The smallest absolute Gasteiger partial charge is 0.200 e. The second-order valence-corrected chi connectivity index (χ2v) is 5.14. The van der Waals surface area contributed by atoms with Gasteiger partial charge in [0.15, 0.2) is 12.4 Å². The number of hydrogen-bond acceptors (Lipinski definition) is 2. The first kappa shape index (κ1) is 13.8. The van der Waals surface area contributed by atoms with Gasteiger partial charge < -0.3 is 4.74 Å². The maximum Gasteiger partial charge on any atom is 0.200 e.